The molecule has 1 amide bonds. The summed E-state index contributed by atoms with van der Waals surface area (Å²) in [5.74, 6) is 0.971. The quantitative estimate of drug-likeness (QED) is 0.464. The highest BCUT2D eigenvalue weighted by Gasteiger charge is 2.22. The fourth-order valence-corrected chi connectivity index (χ4v) is 5.12. The van der Waals surface area contributed by atoms with Gasteiger partial charge in [0.2, 0.25) is 0 Å². The first-order chi connectivity index (χ1) is 15.2. The number of morpholine rings is 1. The van der Waals surface area contributed by atoms with Crippen LogP contribution in [0.3, 0.4) is 0 Å². The first-order valence-corrected chi connectivity index (χ1v) is 11.5. The smallest absolute Gasteiger partial charge is 0.264 e. The molecule has 1 saturated heterocycles. The van der Waals surface area contributed by atoms with E-state index in [0.717, 1.165) is 64.7 Å². The van der Waals surface area contributed by atoms with Crippen LogP contribution in [0.2, 0.25) is 0 Å². The Hall–Kier alpha value is -2.74. The molecule has 6 nitrogen and oxygen atoms in total. The maximum Gasteiger partial charge on any atom is 0.264 e. The lowest BCUT2D eigenvalue weighted by Crippen LogP contribution is -2.43. The molecule has 31 heavy (non-hydrogen) atoms. The van der Waals surface area contributed by atoms with E-state index in [4.69, 9.17) is 9.72 Å². The molecule has 1 aliphatic rings. The zero-order chi connectivity index (χ0) is 21.2. The van der Waals surface area contributed by atoms with Gasteiger partial charge in [-0.25, -0.2) is 4.98 Å². The van der Waals surface area contributed by atoms with E-state index in [1.807, 2.05) is 48.3 Å². The van der Waals surface area contributed by atoms with Gasteiger partial charge in [-0.3, -0.25) is 9.69 Å². The molecule has 5 rings (SSSR count). The standard InChI is InChI=1S/C24H26N4O2S/c1-26-20-8-4-3-7-19(20)25-23(26)17-28(11-10-27-12-14-30-15-13-27)24(29)22-16-18-6-2-5-9-21(18)31-22/h2-9,16H,10-15,17H2,1H3. The highest BCUT2D eigenvalue weighted by molar-refractivity contribution is 7.20. The van der Waals surface area contributed by atoms with E-state index >= 15 is 0 Å². The van der Waals surface area contributed by atoms with E-state index in [0.29, 0.717) is 13.1 Å². The van der Waals surface area contributed by atoms with Crippen molar-refractivity contribution in [3.63, 3.8) is 0 Å². The van der Waals surface area contributed by atoms with Crippen molar-refractivity contribution in [1.82, 2.24) is 19.4 Å². The van der Waals surface area contributed by atoms with Gasteiger partial charge >= 0.3 is 0 Å². The van der Waals surface area contributed by atoms with Gasteiger partial charge in [0, 0.05) is 37.9 Å². The number of amides is 1. The minimum atomic E-state index is 0.0708. The number of benzene rings is 2. The summed E-state index contributed by atoms with van der Waals surface area (Å²) < 4.78 is 8.70. The van der Waals surface area contributed by atoms with Crippen LogP contribution in [0.4, 0.5) is 0 Å². The SMILES string of the molecule is Cn1c(CN(CCN2CCOCC2)C(=O)c2cc3ccccc3s2)nc2ccccc21. The summed E-state index contributed by atoms with van der Waals surface area (Å²) in [4.78, 5) is 23.5. The van der Waals surface area contributed by atoms with E-state index in [-0.39, 0.29) is 5.91 Å². The first-order valence-electron chi connectivity index (χ1n) is 10.7. The van der Waals surface area contributed by atoms with Gasteiger partial charge in [-0.15, -0.1) is 11.3 Å². The fourth-order valence-electron chi connectivity index (χ4n) is 4.09. The monoisotopic (exact) mass is 434 g/mol. The van der Waals surface area contributed by atoms with Crippen molar-refractivity contribution >= 4 is 38.4 Å². The molecule has 0 spiro atoms. The number of para-hydroxylation sites is 2. The van der Waals surface area contributed by atoms with Crippen molar-refractivity contribution in [2.45, 2.75) is 6.54 Å². The molecule has 0 aliphatic carbocycles. The van der Waals surface area contributed by atoms with E-state index in [1.165, 1.54) is 0 Å². The van der Waals surface area contributed by atoms with Crippen molar-refractivity contribution in [2.24, 2.45) is 7.05 Å². The maximum atomic E-state index is 13.6. The molecule has 3 heterocycles. The number of ether oxygens (including phenoxy) is 1. The summed E-state index contributed by atoms with van der Waals surface area (Å²) >= 11 is 1.56. The summed E-state index contributed by atoms with van der Waals surface area (Å²) in [6.07, 6.45) is 0. The number of aryl methyl sites for hydroxylation is 1. The van der Waals surface area contributed by atoms with Crippen LogP contribution in [-0.2, 0) is 18.3 Å². The number of carbonyl (C=O) groups excluding carboxylic acids is 1. The molecule has 0 unspecified atom stereocenters. The van der Waals surface area contributed by atoms with Gasteiger partial charge in [0.05, 0.1) is 35.7 Å². The van der Waals surface area contributed by atoms with Crippen LogP contribution in [-0.4, -0.2) is 64.7 Å². The van der Waals surface area contributed by atoms with Gasteiger partial charge in [0.25, 0.3) is 5.91 Å². The number of imidazole rings is 1. The number of aromatic nitrogens is 2. The largest absolute Gasteiger partial charge is 0.379 e. The van der Waals surface area contributed by atoms with Crippen LogP contribution in [0.25, 0.3) is 21.1 Å². The summed E-state index contributed by atoms with van der Waals surface area (Å²) in [5, 5.41) is 1.12. The second-order valence-corrected chi connectivity index (χ2v) is 8.99. The number of hydrogen-bond donors (Lipinski definition) is 0. The highest BCUT2D eigenvalue weighted by Crippen LogP contribution is 2.27. The zero-order valence-corrected chi connectivity index (χ0v) is 18.5. The third-order valence-electron chi connectivity index (χ3n) is 5.93. The Morgan fingerprint density at radius 2 is 1.90 bits per heavy atom. The minimum absolute atomic E-state index is 0.0708. The summed E-state index contributed by atoms with van der Waals surface area (Å²) in [6, 6.07) is 18.3. The van der Waals surface area contributed by atoms with E-state index < -0.39 is 0 Å². The Kier molecular flexibility index (Phi) is 5.72. The van der Waals surface area contributed by atoms with Crippen LogP contribution in [0.1, 0.15) is 15.5 Å². The molecular weight excluding hydrogens is 408 g/mol. The minimum Gasteiger partial charge on any atom is -0.379 e. The molecule has 0 atom stereocenters. The molecule has 1 aliphatic heterocycles. The molecule has 0 radical (unpaired) electrons. The van der Waals surface area contributed by atoms with Crippen molar-refractivity contribution in [2.75, 3.05) is 39.4 Å². The molecule has 0 N–H and O–H groups in total. The predicted octanol–water partition coefficient (Wildman–Crippen LogP) is 3.76. The molecule has 1 fully saturated rings. The van der Waals surface area contributed by atoms with Crippen LogP contribution in [0, 0.1) is 0 Å². The summed E-state index contributed by atoms with van der Waals surface area (Å²) in [7, 11) is 2.02. The van der Waals surface area contributed by atoms with Crippen LogP contribution >= 0.6 is 11.3 Å². The van der Waals surface area contributed by atoms with E-state index in [9.17, 15) is 4.79 Å². The molecule has 2 aromatic heterocycles. The van der Waals surface area contributed by atoms with Crippen LogP contribution < -0.4 is 0 Å². The number of fused-ring (bicyclic) bond motifs is 2. The molecule has 4 aromatic rings. The van der Waals surface area contributed by atoms with Gasteiger partial charge in [0.1, 0.15) is 5.82 Å². The molecular formula is C24H26N4O2S. The molecule has 0 bridgehead atoms. The third-order valence-corrected chi connectivity index (χ3v) is 7.03. The lowest BCUT2D eigenvalue weighted by atomic mass is 10.2. The van der Waals surface area contributed by atoms with Gasteiger partial charge in [-0.1, -0.05) is 30.3 Å². The molecule has 2 aromatic carbocycles. The Balaban J connectivity index is 1.42. The van der Waals surface area contributed by atoms with E-state index in [2.05, 4.69) is 27.7 Å². The van der Waals surface area contributed by atoms with Gasteiger partial charge < -0.3 is 14.2 Å². The Labute approximate surface area is 185 Å². The van der Waals surface area contributed by atoms with Crippen LogP contribution in [0.15, 0.2) is 54.6 Å². The Morgan fingerprint density at radius 3 is 2.71 bits per heavy atom. The normalized spacial score (nSPS) is 15.0. The predicted molar refractivity (Wildman–Crippen MR) is 125 cm³/mol. The number of nitrogens with zero attached hydrogens (tertiary/aromatic N) is 4. The highest BCUT2D eigenvalue weighted by atomic mass is 32.1. The molecule has 0 saturated carbocycles. The second-order valence-electron chi connectivity index (χ2n) is 7.90. The number of rotatable bonds is 6. The Morgan fingerprint density at radius 1 is 1.13 bits per heavy atom. The molecule has 160 valence electrons. The summed E-state index contributed by atoms with van der Waals surface area (Å²) in [5.41, 5.74) is 2.04. The Bertz CT molecular complexity index is 1180. The van der Waals surface area contributed by atoms with Gasteiger partial charge in [-0.05, 0) is 29.7 Å². The van der Waals surface area contributed by atoms with Gasteiger partial charge in [-0.2, -0.15) is 0 Å². The average Bonchev–Trinajstić information content (AvgIpc) is 3.38. The second kappa shape index (κ2) is 8.78. The van der Waals surface area contributed by atoms with Crippen molar-refractivity contribution < 1.29 is 9.53 Å². The number of carbonyl (C=O) groups is 1. The lowest BCUT2D eigenvalue weighted by molar-refractivity contribution is 0.0319. The van der Waals surface area contributed by atoms with Crippen molar-refractivity contribution in [3.8, 4) is 0 Å². The summed E-state index contributed by atoms with van der Waals surface area (Å²) in [6.45, 7) is 5.33. The van der Waals surface area contributed by atoms with Crippen molar-refractivity contribution in [1.29, 1.82) is 0 Å². The molecule has 7 heteroatoms. The van der Waals surface area contributed by atoms with E-state index in [1.54, 1.807) is 11.3 Å². The lowest BCUT2D eigenvalue weighted by Gasteiger charge is -2.30. The fraction of sp³-hybridized carbons (Fsp3) is 0.333. The average molecular weight is 435 g/mol. The van der Waals surface area contributed by atoms with Crippen molar-refractivity contribution in [3.05, 3.63) is 65.3 Å². The van der Waals surface area contributed by atoms with Crippen LogP contribution in [0.5, 0.6) is 0 Å². The zero-order valence-electron chi connectivity index (χ0n) is 17.7. The number of hydrogen-bond acceptors (Lipinski definition) is 5. The third kappa shape index (κ3) is 4.21. The first kappa shape index (κ1) is 20.2. The number of thiophene rings is 1. The maximum absolute atomic E-state index is 13.6. The van der Waals surface area contributed by atoms with Gasteiger partial charge in [0.15, 0.2) is 0 Å². The topological polar surface area (TPSA) is 50.6 Å².